The first kappa shape index (κ1) is 18.5. The van der Waals surface area contributed by atoms with Crippen LogP contribution in [0.3, 0.4) is 0 Å². The summed E-state index contributed by atoms with van der Waals surface area (Å²) in [5.41, 5.74) is 0.900. The van der Waals surface area contributed by atoms with E-state index in [1.54, 1.807) is 12.1 Å². The number of piperidine rings is 1. The van der Waals surface area contributed by atoms with Crippen molar-refractivity contribution in [1.29, 1.82) is 0 Å². The Morgan fingerprint density at radius 2 is 1.85 bits per heavy atom. The molecule has 2 N–H and O–H groups in total. The molecule has 2 aliphatic rings. The Kier molecular flexibility index (Phi) is 6.36. The number of methoxy groups -OCH3 is 1. The van der Waals surface area contributed by atoms with Crippen molar-refractivity contribution in [2.24, 2.45) is 4.99 Å². The van der Waals surface area contributed by atoms with Crippen molar-refractivity contribution in [3.05, 3.63) is 23.8 Å². The number of carbonyl (C=O) groups is 1. The van der Waals surface area contributed by atoms with Gasteiger partial charge in [0.2, 0.25) is 0 Å². The van der Waals surface area contributed by atoms with Gasteiger partial charge in [-0.2, -0.15) is 0 Å². The topological polar surface area (TPSA) is 74.2 Å². The highest BCUT2D eigenvalue weighted by atomic mass is 16.5. The zero-order chi connectivity index (χ0) is 18.4. The molecule has 0 aromatic heterocycles. The lowest BCUT2D eigenvalue weighted by Crippen LogP contribution is -2.41. The maximum absolute atomic E-state index is 11.8. The molecule has 0 radical (unpaired) electrons. The number of aliphatic imine (C=N–C) groups is 1. The Balaban J connectivity index is 1.84. The normalized spacial score (nSPS) is 19.3. The first-order valence-corrected chi connectivity index (χ1v) is 9.68. The van der Waals surface area contributed by atoms with Crippen molar-refractivity contribution in [3.63, 3.8) is 0 Å². The molecule has 1 aliphatic heterocycles. The fourth-order valence-corrected chi connectivity index (χ4v) is 3.68. The molecule has 0 spiro atoms. The Labute approximate surface area is 155 Å². The number of guanidine groups is 1. The van der Waals surface area contributed by atoms with Crippen molar-refractivity contribution in [1.82, 2.24) is 4.90 Å². The third-order valence-corrected chi connectivity index (χ3v) is 5.20. The molecule has 0 bridgehead atoms. The predicted octanol–water partition coefficient (Wildman–Crippen LogP) is 3.77. The first-order chi connectivity index (χ1) is 12.7. The van der Waals surface area contributed by atoms with E-state index in [1.165, 1.54) is 38.9 Å². The third kappa shape index (κ3) is 4.68. The average molecular weight is 359 g/mol. The van der Waals surface area contributed by atoms with E-state index in [1.807, 2.05) is 0 Å². The predicted molar refractivity (Wildman–Crippen MR) is 103 cm³/mol. The number of aromatic hydroxyl groups is 1. The number of phenols is 1. The van der Waals surface area contributed by atoms with E-state index in [2.05, 4.69) is 10.2 Å². The number of hydrogen-bond donors (Lipinski definition) is 2. The van der Waals surface area contributed by atoms with Gasteiger partial charge < -0.3 is 20.1 Å². The van der Waals surface area contributed by atoms with Gasteiger partial charge in [-0.05, 0) is 50.3 Å². The number of phenolic OH excluding ortho intramolecular Hbond substituents is 1. The number of esters is 1. The van der Waals surface area contributed by atoms with E-state index < -0.39 is 5.97 Å². The highest BCUT2D eigenvalue weighted by Gasteiger charge is 2.20. The second-order valence-electron chi connectivity index (χ2n) is 7.14. The summed E-state index contributed by atoms with van der Waals surface area (Å²) in [6.07, 6.45) is 9.53. The van der Waals surface area contributed by atoms with E-state index in [-0.39, 0.29) is 5.75 Å². The van der Waals surface area contributed by atoms with Crippen molar-refractivity contribution in [2.75, 3.05) is 25.5 Å². The Bertz CT molecular complexity index is 648. The van der Waals surface area contributed by atoms with Crippen molar-refractivity contribution in [2.45, 2.75) is 57.4 Å². The van der Waals surface area contributed by atoms with Gasteiger partial charge in [0.15, 0.2) is 5.96 Å². The molecule has 1 heterocycles. The number of ether oxygens (including phenoxy) is 1. The quantitative estimate of drug-likeness (QED) is 0.372. The maximum atomic E-state index is 11.8. The van der Waals surface area contributed by atoms with Gasteiger partial charge in [0, 0.05) is 13.1 Å². The van der Waals surface area contributed by atoms with E-state index in [9.17, 15) is 9.90 Å². The summed E-state index contributed by atoms with van der Waals surface area (Å²) in [7, 11) is 1.35. The van der Waals surface area contributed by atoms with E-state index in [4.69, 9.17) is 9.73 Å². The van der Waals surface area contributed by atoms with Crippen LogP contribution >= 0.6 is 0 Å². The number of anilines is 1. The third-order valence-electron chi connectivity index (χ3n) is 5.20. The smallest absolute Gasteiger partial charge is 0.337 e. The van der Waals surface area contributed by atoms with Crippen LogP contribution in [0.1, 0.15) is 61.7 Å². The van der Waals surface area contributed by atoms with Crippen molar-refractivity contribution >= 4 is 17.6 Å². The molecule has 1 saturated heterocycles. The average Bonchev–Trinajstić information content (AvgIpc) is 2.70. The van der Waals surface area contributed by atoms with Gasteiger partial charge in [0.05, 0.1) is 24.4 Å². The van der Waals surface area contributed by atoms with Crippen LogP contribution in [0.4, 0.5) is 5.69 Å². The number of likely N-dealkylation sites (tertiary alicyclic amines) is 1. The van der Waals surface area contributed by atoms with Gasteiger partial charge in [-0.25, -0.2) is 9.79 Å². The second kappa shape index (κ2) is 8.92. The molecule has 3 rings (SSSR count). The molecule has 2 fully saturated rings. The summed E-state index contributed by atoms with van der Waals surface area (Å²) in [6.45, 7) is 1.94. The first-order valence-electron chi connectivity index (χ1n) is 9.68. The highest BCUT2D eigenvalue weighted by molar-refractivity contribution is 5.97. The lowest BCUT2D eigenvalue weighted by molar-refractivity contribution is 0.0601. The zero-order valence-corrected chi connectivity index (χ0v) is 15.5. The number of benzene rings is 1. The maximum Gasteiger partial charge on any atom is 0.337 e. The number of carbonyl (C=O) groups excluding carboxylic acids is 1. The molecule has 1 aliphatic carbocycles. The van der Waals surface area contributed by atoms with Gasteiger partial charge in [0.1, 0.15) is 5.75 Å². The summed E-state index contributed by atoms with van der Waals surface area (Å²) in [4.78, 5) is 19.1. The van der Waals surface area contributed by atoms with Crippen LogP contribution in [0, 0.1) is 0 Å². The zero-order valence-electron chi connectivity index (χ0n) is 15.5. The van der Waals surface area contributed by atoms with E-state index in [0.29, 0.717) is 17.3 Å². The molecular weight excluding hydrogens is 330 g/mol. The lowest BCUT2D eigenvalue weighted by atomic mass is 9.96. The molecular formula is C20H29N3O3. The summed E-state index contributed by atoms with van der Waals surface area (Å²) in [5, 5.41) is 13.6. The number of hydrogen-bond acceptors (Lipinski definition) is 4. The second-order valence-corrected chi connectivity index (χ2v) is 7.14. The summed E-state index contributed by atoms with van der Waals surface area (Å²) < 4.78 is 4.78. The minimum Gasteiger partial charge on any atom is -0.506 e. The largest absolute Gasteiger partial charge is 0.506 e. The van der Waals surface area contributed by atoms with E-state index >= 15 is 0 Å². The molecule has 1 saturated carbocycles. The van der Waals surface area contributed by atoms with E-state index in [0.717, 1.165) is 44.7 Å². The Hall–Kier alpha value is -2.24. The lowest BCUT2D eigenvalue weighted by Gasteiger charge is -2.32. The minimum atomic E-state index is -0.420. The molecule has 6 nitrogen and oxygen atoms in total. The highest BCUT2D eigenvalue weighted by Crippen LogP contribution is 2.27. The molecule has 1 aromatic carbocycles. The van der Waals surface area contributed by atoms with Gasteiger partial charge in [0.25, 0.3) is 0 Å². The molecule has 26 heavy (non-hydrogen) atoms. The molecule has 142 valence electrons. The van der Waals surface area contributed by atoms with Crippen molar-refractivity contribution in [3.8, 4) is 5.75 Å². The van der Waals surface area contributed by atoms with Crippen LogP contribution in [0.2, 0.25) is 0 Å². The minimum absolute atomic E-state index is 0.103. The molecule has 6 heteroatoms. The van der Waals surface area contributed by atoms with Gasteiger partial charge in [-0.1, -0.05) is 19.3 Å². The number of nitrogens with one attached hydrogen (secondary N) is 1. The molecule has 1 aromatic rings. The molecule has 0 unspecified atom stereocenters. The SMILES string of the molecule is COC(=O)c1ccc(O)c(NC(=NC2CCCCC2)N2CCCCC2)c1. The van der Waals surface area contributed by atoms with Gasteiger partial charge >= 0.3 is 5.97 Å². The van der Waals surface area contributed by atoms with Crippen LogP contribution in [0.5, 0.6) is 5.75 Å². The standard InChI is InChI=1S/C20H29N3O3/c1-26-19(25)15-10-11-18(24)17(14-15)22-20(23-12-6-3-7-13-23)21-16-8-4-2-5-9-16/h10-11,14,16,24H,2-9,12-13H2,1H3,(H,21,22). The monoisotopic (exact) mass is 359 g/mol. The fourth-order valence-electron chi connectivity index (χ4n) is 3.68. The van der Waals surface area contributed by atoms with Crippen LogP contribution in [-0.2, 0) is 4.74 Å². The van der Waals surface area contributed by atoms with Crippen LogP contribution in [0.25, 0.3) is 0 Å². The number of nitrogens with zero attached hydrogens (tertiary/aromatic N) is 2. The molecule has 0 amide bonds. The van der Waals surface area contributed by atoms with Gasteiger partial charge in [-0.15, -0.1) is 0 Å². The Morgan fingerprint density at radius 1 is 1.15 bits per heavy atom. The van der Waals surface area contributed by atoms with Crippen molar-refractivity contribution < 1.29 is 14.6 Å². The Morgan fingerprint density at radius 3 is 2.54 bits per heavy atom. The van der Waals surface area contributed by atoms with Crippen LogP contribution < -0.4 is 5.32 Å². The summed E-state index contributed by atoms with van der Waals surface area (Å²) in [5.74, 6) is 0.497. The van der Waals surface area contributed by atoms with Gasteiger partial charge in [-0.3, -0.25) is 0 Å². The fraction of sp³-hybridized carbons (Fsp3) is 0.600. The molecule has 0 atom stereocenters. The van der Waals surface area contributed by atoms with Crippen LogP contribution in [-0.4, -0.2) is 48.2 Å². The summed E-state index contributed by atoms with van der Waals surface area (Å²) in [6, 6.07) is 5.04. The number of rotatable bonds is 3. The van der Waals surface area contributed by atoms with Crippen LogP contribution in [0.15, 0.2) is 23.2 Å². The summed E-state index contributed by atoms with van der Waals surface area (Å²) >= 11 is 0.